The van der Waals surface area contributed by atoms with Crippen LogP contribution in [-0.4, -0.2) is 49.2 Å². The first kappa shape index (κ1) is 14.8. The third kappa shape index (κ3) is 2.64. The number of ether oxygens (including phenoxy) is 1. The highest BCUT2D eigenvalue weighted by atomic mass is 19.1. The maximum atomic E-state index is 13.7. The van der Waals surface area contributed by atoms with Crippen LogP contribution in [0, 0.1) is 15.9 Å². The highest BCUT2D eigenvalue weighted by molar-refractivity contribution is 5.66. The summed E-state index contributed by atoms with van der Waals surface area (Å²) < 4.78 is 18.7. The number of benzene rings is 1. The first-order valence-electron chi connectivity index (χ1n) is 7.26. The zero-order chi connectivity index (χ0) is 15.7. The average molecular weight is 307 g/mol. The molecule has 7 heteroatoms. The van der Waals surface area contributed by atoms with E-state index in [1.165, 1.54) is 13.2 Å². The van der Waals surface area contributed by atoms with Crippen molar-refractivity contribution < 1.29 is 14.1 Å². The summed E-state index contributed by atoms with van der Waals surface area (Å²) in [6, 6.07) is 2.74. The molecule has 0 N–H and O–H groups in total. The van der Waals surface area contributed by atoms with Crippen LogP contribution in [0.4, 0.5) is 15.8 Å². The number of methoxy groups -OCH3 is 1. The zero-order valence-corrected chi connectivity index (χ0v) is 12.4. The molecule has 1 atom stereocenters. The molecule has 1 saturated heterocycles. The number of anilines is 1. The minimum Gasteiger partial charge on any atom is -0.494 e. The molecule has 2 aliphatic rings. The minimum atomic E-state index is -0.711. The highest BCUT2D eigenvalue weighted by Crippen LogP contribution is 2.36. The molecule has 2 aliphatic heterocycles. The Kier molecular flexibility index (Phi) is 3.98. The quantitative estimate of drug-likeness (QED) is 0.485. The summed E-state index contributed by atoms with van der Waals surface area (Å²) >= 11 is 0. The van der Waals surface area contributed by atoms with Crippen molar-refractivity contribution in [3.8, 4) is 5.75 Å². The van der Waals surface area contributed by atoms with Gasteiger partial charge in [-0.2, -0.15) is 0 Å². The van der Waals surface area contributed by atoms with Crippen LogP contribution in [0.3, 0.4) is 0 Å². The van der Waals surface area contributed by atoms with Crippen LogP contribution in [0.2, 0.25) is 0 Å². The number of nitro groups is 1. The van der Waals surface area contributed by atoms with Crippen LogP contribution in [0.25, 0.3) is 0 Å². The summed E-state index contributed by atoms with van der Waals surface area (Å²) in [5, 5.41) is 11.2. The van der Waals surface area contributed by atoms with E-state index in [9.17, 15) is 14.5 Å². The first-order valence-corrected chi connectivity index (χ1v) is 7.26. The fourth-order valence-corrected chi connectivity index (χ4v) is 3.14. The molecule has 3 rings (SSSR count). The summed E-state index contributed by atoms with van der Waals surface area (Å²) in [4.78, 5) is 15.0. The summed E-state index contributed by atoms with van der Waals surface area (Å²) in [6.07, 6.45) is 5.20. The van der Waals surface area contributed by atoms with Gasteiger partial charge in [-0.1, -0.05) is 12.2 Å². The Hall–Kier alpha value is -2.15. The zero-order valence-electron chi connectivity index (χ0n) is 12.4. The van der Waals surface area contributed by atoms with Crippen molar-refractivity contribution in [3.63, 3.8) is 0 Å². The average Bonchev–Trinajstić information content (AvgIpc) is 3.17. The smallest absolute Gasteiger partial charge is 0.295 e. The van der Waals surface area contributed by atoms with Gasteiger partial charge in [0.2, 0.25) is 0 Å². The van der Waals surface area contributed by atoms with Gasteiger partial charge in [0.25, 0.3) is 5.69 Å². The molecule has 1 aromatic rings. The lowest BCUT2D eigenvalue weighted by Crippen LogP contribution is -2.35. The van der Waals surface area contributed by atoms with Gasteiger partial charge in [-0.15, -0.1) is 0 Å². The Morgan fingerprint density at radius 3 is 2.73 bits per heavy atom. The molecule has 0 radical (unpaired) electrons. The molecular formula is C15H18FN3O3. The second-order valence-corrected chi connectivity index (χ2v) is 5.55. The molecule has 1 fully saturated rings. The van der Waals surface area contributed by atoms with Gasteiger partial charge >= 0.3 is 0 Å². The third-order valence-corrected chi connectivity index (χ3v) is 4.31. The lowest BCUT2D eigenvalue weighted by Gasteiger charge is -2.24. The van der Waals surface area contributed by atoms with Crippen molar-refractivity contribution in [3.05, 3.63) is 40.2 Å². The summed E-state index contributed by atoms with van der Waals surface area (Å²) in [7, 11) is 1.36. The third-order valence-electron chi connectivity index (χ3n) is 4.31. The van der Waals surface area contributed by atoms with Gasteiger partial charge in [0, 0.05) is 38.3 Å². The molecule has 0 bridgehead atoms. The first-order chi connectivity index (χ1) is 10.6. The lowest BCUT2D eigenvalue weighted by atomic mass is 10.2. The van der Waals surface area contributed by atoms with Gasteiger partial charge in [-0.05, 0) is 6.42 Å². The van der Waals surface area contributed by atoms with E-state index in [4.69, 9.17) is 4.74 Å². The van der Waals surface area contributed by atoms with Gasteiger partial charge < -0.3 is 9.64 Å². The maximum Gasteiger partial charge on any atom is 0.295 e. The van der Waals surface area contributed by atoms with E-state index >= 15 is 0 Å². The number of hydrogen-bond acceptors (Lipinski definition) is 5. The molecule has 2 heterocycles. The van der Waals surface area contributed by atoms with Crippen LogP contribution in [0.5, 0.6) is 5.75 Å². The molecule has 0 unspecified atom stereocenters. The number of rotatable bonds is 4. The molecule has 0 aliphatic carbocycles. The van der Waals surface area contributed by atoms with E-state index in [2.05, 4.69) is 17.1 Å². The number of hydrogen-bond donors (Lipinski definition) is 0. The van der Waals surface area contributed by atoms with Crippen molar-refractivity contribution in [2.75, 3.05) is 38.2 Å². The van der Waals surface area contributed by atoms with Crippen LogP contribution >= 0.6 is 0 Å². The topological polar surface area (TPSA) is 58.8 Å². The van der Waals surface area contributed by atoms with E-state index in [1.807, 2.05) is 4.90 Å². The molecule has 0 aromatic heterocycles. The fraction of sp³-hybridized carbons (Fsp3) is 0.467. The largest absolute Gasteiger partial charge is 0.494 e. The Balaban J connectivity index is 1.86. The summed E-state index contributed by atoms with van der Waals surface area (Å²) in [5.41, 5.74) is 0.219. The second kappa shape index (κ2) is 5.92. The Bertz CT molecular complexity index is 612. The number of halogens is 1. The second-order valence-electron chi connectivity index (χ2n) is 5.55. The van der Waals surface area contributed by atoms with E-state index < -0.39 is 10.7 Å². The normalized spacial score (nSPS) is 21.5. The van der Waals surface area contributed by atoms with Gasteiger partial charge in [-0.25, -0.2) is 4.39 Å². The highest BCUT2D eigenvalue weighted by Gasteiger charge is 2.32. The van der Waals surface area contributed by atoms with Crippen LogP contribution in [0.1, 0.15) is 6.42 Å². The van der Waals surface area contributed by atoms with Crippen LogP contribution in [0.15, 0.2) is 24.3 Å². The molecule has 0 spiro atoms. The van der Waals surface area contributed by atoms with E-state index in [1.54, 1.807) is 0 Å². The molecule has 6 nitrogen and oxygen atoms in total. The lowest BCUT2D eigenvalue weighted by molar-refractivity contribution is -0.384. The number of nitro benzene ring substituents is 1. The number of nitrogens with zero attached hydrogens (tertiary/aromatic N) is 3. The van der Waals surface area contributed by atoms with E-state index in [-0.39, 0.29) is 11.4 Å². The SMILES string of the molecule is COc1cc(N2CC[C@@H](N3CC=CC3)C2)c([N+](=O)[O-])cc1F. The Labute approximate surface area is 127 Å². The molecule has 1 aromatic carbocycles. The standard InChI is InChI=1S/C15H18FN3O3/c1-22-15-9-13(14(19(20)21)8-12(15)16)18-7-4-11(10-18)17-5-2-3-6-17/h2-3,8-9,11H,4-7,10H2,1H3/t11-/m1/s1. The molecule has 22 heavy (non-hydrogen) atoms. The van der Waals surface area contributed by atoms with Crippen molar-refractivity contribution >= 4 is 11.4 Å². The molecular weight excluding hydrogens is 289 g/mol. The molecule has 118 valence electrons. The Morgan fingerprint density at radius 1 is 1.36 bits per heavy atom. The van der Waals surface area contributed by atoms with Crippen molar-refractivity contribution in [2.24, 2.45) is 0 Å². The molecule has 0 saturated carbocycles. The summed E-state index contributed by atoms with van der Waals surface area (Å²) in [6.45, 7) is 3.27. The van der Waals surface area contributed by atoms with Gasteiger partial charge in [-0.3, -0.25) is 15.0 Å². The van der Waals surface area contributed by atoms with Crippen molar-refractivity contribution in [2.45, 2.75) is 12.5 Å². The van der Waals surface area contributed by atoms with E-state index in [0.717, 1.165) is 32.1 Å². The predicted octanol–water partition coefficient (Wildman–Crippen LogP) is 2.19. The van der Waals surface area contributed by atoms with Gasteiger partial charge in [0.05, 0.1) is 18.1 Å². The Morgan fingerprint density at radius 2 is 2.09 bits per heavy atom. The predicted molar refractivity (Wildman–Crippen MR) is 80.9 cm³/mol. The maximum absolute atomic E-state index is 13.7. The molecule has 0 amide bonds. The van der Waals surface area contributed by atoms with E-state index in [0.29, 0.717) is 18.3 Å². The van der Waals surface area contributed by atoms with Crippen molar-refractivity contribution in [1.29, 1.82) is 0 Å². The monoisotopic (exact) mass is 307 g/mol. The van der Waals surface area contributed by atoms with Gasteiger partial charge in [0.15, 0.2) is 11.6 Å². The van der Waals surface area contributed by atoms with Crippen molar-refractivity contribution in [1.82, 2.24) is 4.90 Å². The fourth-order valence-electron chi connectivity index (χ4n) is 3.14. The van der Waals surface area contributed by atoms with Crippen LogP contribution < -0.4 is 9.64 Å². The minimum absolute atomic E-state index is 0.0342. The van der Waals surface area contributed by atoms with Crippen LogP contribution in [-0.2, 0) is 0 Å². The summed E-state index contributed by atoms with van der Waals surface area (Å²) in [5.74, 6) is -0.677. The van der Waals surface area contributed by atoms with Gasteiger partial charge in [0.1, 0.15) is 5.69 Å².